The average molecular weight is 168 g/mol. The maximum absolute atomic E-state index is 5.65. The van der Waals surface area contributed by atoms with E-state index in [9.17, 15) is 0 Å². The lowest BCUT2D eigenvalue weighted by atomic mass is 9.85. The van der Waals surface area contributed by atoms with Gasteiger partial charge < -0.3 is 10.6 Å². The molecule has 0 spiro atoms. The fourth-order valence-electron chi connectivity index (χ4n) is 2.31. The Balaban J connectivity index is 1.68. The molecule has 2 fully saturated rings. The van der Waals surface area contributed by atoms with Gasteiger partial charge in [-0.25, -0.2) is 0 Å². The Morgan fingerprint density at radius 1 is 1.17 bits per heavy atom. The zero-order chi connectivity index (χ0) is 8.39. The van der Waals surface area contributed by atoms with Gasteiger partial charge in [0, 0.05) is 13.1 Å². The molecule has 0 aromatic rings. The second-order valence-corrected chi connectivity index (χ2v) is 4.45. The molecule has 12 heavy (non-hydrogen) atoms. The predicted molar refractivity (Wildman–Crippen MR) is 50.9 cm³/mol. The van der Waals surface area contributed by atoms with Gasteiger partial charge in [-0.05, 0) is 44.2 Å². The van der Waals surface area contributed by atoms with Crippen LogP contribution in [0, 0.1) is 11.8 Å². The van der Waals surface area contributed by atoms with E-state index in [-0.39, 0.29) is 0 Å². The minimum absolute atomic E-state index is 0.796. The molecule has 1 aliphatic carbocycles. The van der Waals surface area contributed by atoms with Gasteiger partial charge in [-0.2, -0.15) is 0 Å². The smallest absolute Gasteiger partial charge is 0.00223 e. The molecule has 0 aromatic carbocycles. The van der Waals surface area contributed by atoms with E-state index in [1.807, 2.05) is 0 Å². The second kappa shape index (κ2) is 3.75. The lowest BCUT2D eigenvalue weighted by Crippen LogP contribution is -2.31. The summed E-state index contributed by atoms with van der Waals surface area (Å²) >= 11 is 0. The van der Waals surface area contributed by atoms with Gasteiger partial charge >= 0.3 is 0 Å². The van der Waals surface area contributed by atoms with E-state index in [4.69, 9.17) is 5.73 Å². The lowest BCUT2D eigenvalue weighted by molar-refractivity contribution is 0.201. The molecule has 0 aromatic heterocycles. The minimum Gasteiger partial charge on any atom is -0.330 e. The summed E-state index contributed by atoms with van der Waals surface area (Å²) in [5.74, 6) is 1.83. The SMILES string of the molecule is NCC1CCN(CC2CCC2)C1. The van der Waals surface area contributed by atoms with E-state index in [0.717, 1.165) is 18.4 Å². The molecule has 2 rings (SSSR count). The van der Waals surface area contributed by atoms with Crippen LogP contribution in [-0.4, -0.2) is 31.1 Å². The topological polar surface area (TPSA) is 29.3 Å². The van der Waals surface area contributed by atoms with Gasteiger partial charge in [0.25, 0.3) is 0 Å². The molecule has 1 atom stereocenters. The fourth-order valence-corrected chi connectivity index (χ4v) is 2.31. The highest BCUT2D eigenvalue weighted by molar-refractivity contribution is 4.80. The molecule has 0 bridgehead atoms. The average Bonchev–Trinajstić information content (AvgIpc) is 2.44. The standard InChI is InChI=1S/C10H20N2/c11-6-10-4-5-12(8-10)7-9-2-1-3-9/h9-10H,1-8,11H2. The summed E-state index contributed by atoms with van der Waals surface area (Å²) in [7, 11) is 0. The van der Waals surface area contributed by atoms with Crippen LogP contribution < -0.4 is 5.73 Å². The molecule has 2 nitrogen and oxygen atoms in total. The second-order valence-electron chi connectivity index (χ2n) is 4.45. The van der Waals surface area contributed by atoms with Gasteiger partial charge in [-0.15, -0.1) is 0 Å². The van der Waals surface area contributed by atoms with E-state index >= 15 is 0 Å². The molecule has 1 saturated heterocycles. The van der Waals surface area contributed by atoms with Crippen LogP contribution in [0.25, 0.3) is 0 Å². The Labute approximate surface area is 75.1 Å². The molecule has 1 saturated carbocycles. The van der Waals surface area contributed by atoms with Gasteiger partial charge in [0.2, 0.25) is 0 Å². The highest BCUT2D eigenvalue weighted by atomic mass is 15.1. The highest BCUT2D eigenvalue weighted by Gasteiger charge is 2.25. The molecular formula is C10H20N2. The number of nitrogens with zero attached hydrogens (tertiary/aromatic N) is 1. The predicted octanol–water partition coefficient (Wildman–Crippen LogP) is 1.07. The van der Waals surface area contributed by atoms with Gasteiger partial charge in [0.1, 0.15) is 0 Å². The first-order chi connectivity index (χ1) is 5.88. The Kier molecular flexibility index (Phi) is 2.66. The first-order valence-electron chi connectivity index (χ1n) is 5.31. The zero-order valence-electron chi connectivity index (χ0n) is 7.84. The molecule has 2 heteroatoms. The highest BCUT2D eigenvalue weighted by Crippen LogP contribution is 2.28. The van der Waals surface area contributed by atoms with Crippen molar-refractivity contribution in [3.05, 3.63) is 0 Å². The first-order valence-corrected chi connectivity index (χ1v) is 5.31. The number of nitrogens with two attached hydrogens (primary N) is 1. The molecule has 70 valence electrons. The van der Waals surface area contributed by atoms with Crippen LogP contribution in [0.2, 0.25) is 0 Å². The van der Waals surface area contributed by atoms with Gasteiger partial charge in [0.05, 0.1) is 0 Å². The van der Waals surface area contributed by atoms with Gasteiger partial charge in [-0.1, -0.05) is 6.42 Å². The lowest BCUT2D eigenvalue weighted by Gasteiger charge is -2.29. The van der Waals surface area contributed by atoms with Crippen molar-refractivity contribution in [2.75, 3.05) is 26.2 Å². The van der Waals surface area contributed by atoms with Crippen molar-refractivity contribution in [1.29, 1.82) is 0 Å². The zero-order valence-corrected chi connectivity index (χ0v) is 7.84. The van der Waals surface area contributed by atoms with Crippen LogP contribution in [0.15, 0.2) is 0 Å². The van der Waals surface area contributed by atoms with E-state index < -0.39 is 0 Å². The van der Waals surface area contributed by atoms with E-state index in [1.165, 1.54) is 45.3 Å². The minimum atomic E-state index is 0.796. The summed E-state index contributed by atoms with van der Waals surface area (Å²) in [5, 5.41) is 0. The monoisotopic (exact) mass is 168 g/mol. The maximum atomic E-state index is 5.65. The first kappa shape index (κ1) is 8.52. The Morgan fingerprint density at radius 2 is 2.00 bits per heavy atom. The summed E-state index contributed by atoms with van der Waals surface area (Å²) in [6.07, 6.45) is 5.76. The molecular weight excluding hydrogens is 148 g/mol. The van der Waals surface area contributed by atoms with Crippen molar-refractivity contribution in [3.63, 3.8) is 0 Å². The number of likely N-dealkylation sites (tertiary alicyclic amines) is 1. The van der Waals surface area contributed by atoms with Crippen molar-refractivity contribution in [1.82, 2.24) is 4.90 Å². The van der Waals surface area contributed by atoms with E-state index in [0.29, 0.717) is 0 Å². The van der Waals surface area contributed by atoms with Crippen molar-refractivity contribution in [3.8, 4) is 0 Å². The largest absolute Gasteiger partial charge is 0.330 e. The number of rotatable bonds is 3. The number of hydrogen-bond acceptors (Lipinski definition) is 2. The third kappa shape index (κ3) is 1.80. The van der Waals surface area contributed by atoms with Crippen LogP contribution in [0.3, 0.4) is 0 Å². The molecule has 2 N–H and O–H groups in total. The van der Waals surface area contributed by atoms with E-state index in [2.05, 4.69) is 4.90 Å². The molecule has 1 aliphatic heterocycles. The quantitative estimate of drug-likeness (QED) is 0.683. The Bertz CT molecular complexity index is 143. The summed E-state index contributed by atoms with van der Waals surface area (Å²) in [6, 6.07) is 0. The summed E-state index contributed by atoms with van der Waals surface area (Å²) in [4.78, 5) is 2.61. The van der Waals surface area contributed by atoms with Crippen LogP contribution in [0.4, 0.5) is 0 Å². The Morgan fingerprint density at radius 3 is 2.50 bits per heavy atom. The summed E-state index contributed by atoms with van der Waals surface area (Å²) in [6.45, 7) is 4.82. The molecule has 0 radical (unpaired) electrons. The maximum Gasteiger partial charge on any atom is 0.00223 e. The van der Waals surface area contributed by atoms with Gasteiger partial charge in [-0.3, -0.25) is 0 Å². The molecule has 0 amide bonds. The van der Waals surface area contributed by atoms with Crippen LogP contribution >= 0.6 is 0 Å². The summed E-state index contributed by atoms with van der Waals surface area (Å²) < 4.78 is 0. The fraction of sp³-hybridized carbons (Fsp3) is 1.00. The van der Waals surface area contributed by atoms with E-state index in [1.54, 1.807) is 0 Å². The number of hydrogen-bond donors (Lipinski definition) is 1. The Hall–Kier alpha value is -0.0800. The molecule has 2 aliphatic rings. The van der Waals surface area contributed by atoms with Crippen LogP contribution in [-0.2, 0) is 0 Å². The van der Waals surface area contributed by atoms with Crippen molar-refractivity contribution < 1.29 is 0 Å². The molecule has 1 unspecified atom stereocenters. The van der Waals surface area contributed by atoms with Crippen molar-refractivity contribution >= 4 is 0 Å². The van der Waals surface area contributed by atoms with Crippen LogP contribution in [0.1, 0.15) is 25.7 Å². The third-order valence-corrected chi connectivity index (χ3v) is 3.44. The van der Waals surface area contributed by atoms with Crippen LogP contribution in [0.5, 0.6) is 0 Å². The van der Waals surface area contributed by atoms with Crippen molar-refractivity contribution in [2.45, 2.75) is 25.7 Å². The summed E-state index contributed by atoms with van der Waals surface area (Å²) in [5.41, 5.74) is 5.65. The molecule has 1 heterocycles. The van der Waals surface area contributed by atoms with Crippen molar-refractivity contribution in [2.24, 2.45) is 17.6 Å². The van der Waals surface area contributed by atoms with Gasteiger partial charge in [0.15, 0.2) is 0 Å². The normalized spacial score (nSPS) is 32.2. The third-order valence-electron chi connectivity index (χ3n) is 3.44.